The highest BCUT2D eigenvalue weighted by Gasteiger charge is 2.17. The van der Waals surface area contributed by atoms with Gasteiger partial charge in [-0.3, -0.25) is 0 Å². The van der Waals surface area contributed by atoms with Crippen molar-refractivity contribution < 1.29 is 9.13 Å². The van der Waals surface area contributed by atoms with E-state index in [4.69, 9.17) is 16.3 Å². The Hall–Kier alpha value is -1.10. The summed E-state index contributed by atoms with van der Waals surface area (Å²) in [5.74, 6) is 0.507. The Kier molecular flexibility index (Phi) is 5.62. The van der Waals surface area contributed by atoms with Crippen molar-refractivity contribution in [3.05, 3.63) is 62.8 Å². The monoisotopic (exact) mass is 371 g/mol. The smallest absolute Gasteiger partial charge is 0.128 e. The van der Waals surface area contributed by atoms with Gasteiger partial charge in [0.05, 0.1) is 7.11 Å². The SMILES string of the molecule is CNC(Cc1cc(OC)ccc1Br)c1cc(Cl)ccc1F. The normalized spacial score (nSPS) is 12.2. The van der Waals surface area contributed by atoms with E-state index >= 15 is 0 Å². The lowest BCUT2D eigenvalue weighted by Crippen LogP contribution is -2.20. The van der Waals surface area contributed by atoms with E-state index in [-0.39, 0.29) is 11.9 Å². The molecule has 2 aromatic rings. The van der Waals surface area contributed by atoms with Gasteiger partial charge >= 0.3 is 0 Å². The molecule has 2 aromatic carbocycles. The summed E-state index contributed by atoms with van der Waals surface area (Å²) in [5, 5.41) is 3.66. The van der Waals surface area contributed by atoms with Crippen LogP contribution in [0.3, 0.4) is 0 Å². The van der Waals surface area contributed by atoms with Crippen LogP contribution in [0.4, 0.5) is 4.39 Å². The van der Waals surface area contributed by atoms with E-state index in [0.29, 0.717) is 17.0 Å². The van der Waals surface area contributed by atoms with Crippen LogP contribution in [0.2, 0.25) is 5.02 Å². The molecule has 112 valence electrons. The number of methoxy groups -OCH3 is 1. The fourth-order valence-electron chi connectivity index (χ4n) is 2.20. The van der Waals surface area contributed by atoms with Crippen molar-refractivity contribution in [2.24, 2.45) is 0 Å². The first kappa shape index (κ1) is 16.3. The summed E-state index contributed by atoms with van der Waals surface area (Å²) in [6.45, 7) is 0. The van der Waals surface area contributed by atoms with Gasteiger partial charge in [-0.1, -0.05) is 27.5 Å². The second-order valence-electron chi connectivity index (χ2n) is 4.67. The van der Waals surface area contributed by atoms with Crippen LogP contribution >= 0.6 is 27.5 Å². The van der Waals surface area contributed by atoms with Gasteiger partial charge < -0.3 is 10.1 Å². The fourth-order valence-corrected chi connectivity index (χ4v) is 2.79. The van der Waals surface area contributed by atoms with E-state index in [1.165, 1.54) is 6.07 Å². The second kappa shape index (κ2) is 7.25. The van der Waals surface area contributed by atoms with Crippen molar-refractivity contribution >= 4 is 27.5 Å². The topological polar surface area (TPSA) is 21.3 Å². The van der Waals surface area contributed by atoms with Gasteiger partial charge in [-0.25, -0.2) is 4.39 Å². The Labute approximate surface area is 137 Å². The molecule has 5 heteroatoms. The molecular formula is C16H16BrClFNO. The molecule has 0 saturated carbocycles. The first-order chi connectivity index (χ1) is 10.0. The van der Waals surface area contributed by atoms with Gasteiger partial charge in [-0.15, -0.1) is 0 Å². The van der Waals surface area contributed by atoms with E-state index in [1.807, 2.05) is 18.2 Å². The summed E-state index contributed by atoms with van der Waals surface area (Å²) < 4.78 is 20.2. The zero-order valence-electron chi connectivity index (χ0n) is 11.8. The maximum atomic E-state index is 14.0. The van der Waals surface area contributed by atoms with Crippen LogP contribution in [-0.2, 0) is 6.42 Å². The summed E-state index contributed by atoms with van der Waals surface area (Å²) in [6, 6.07) is 10.2. The average Bonchev–Trinajstić information content (AvgIpc) is 2.49. The number of ether oxygens (including phenoxy) is 1. The Morgan fingerprint density at radius 3 is 2.71 bits per heavy atom. The quantitative estimate of drug-likeness (QED) is 0.817. The van der Waals surface area contributed by atoms with Gasteiger partial charge in [0, 0.05) is 21.1 Å². The number of hydrogen-bond donors (Lipinski definition) is 1. The summed E-state index contributed by atoms with van der Waals surface area (Å²) >= 11 is 9.50. The standard InChI is InChI=1S/C16H16BrClFNO/c1-20-16(13-9-11(18)3-6-15(13)19)8-10-7-12(21-2)4-5-14(10)17/h3-7,9,16,20H,8H2,1-2H3. The maximum absolute atomic E-state index is 14.0. The van der Waals surface area contributed by atoms with Gasteiger partial charge in [0.25, 0.3) is 0 Å². The summed E-state index contributed by atoms with van der Waals surface area (Å²) in [5.41, 5.74) is 1.59. The van der Waals surface area contributed by atoms with Crippen molar-refractivity contribution in [3.8, 4) is 5.75 Å². The molecule has 2 nitrogen and oxygen atoms in total. The minimum absolute atomic E-state index is 0.174. The lowest BCUT2D eigenvalue weighted by molar-refractivity contribution is 0.413. The second-order valence-corrected chi connectivity index (χ2v) is 5.96. The van der Waals surface area contributed by atoms with Gasteiger partial charge in [0.1, 0.15) is 11.6 Å². The molecule has 2 rings (SSSR count). The van der Waals surface area contributed by atoms with E-state index in [0.717, 1.165) is 15.8 Å². The molecule has 1 N–H and O–H groups in total. The number of rotatable bonds is 5. The van der Waals surface area contributed by atoms with Crippen LogP contribution in [0, 0.1) is 5.82 Å². The van der Waals surface area contributed by atoms with Crippen LogP contribution in [0.1, 0.15) is 17.2 Å². The Morgan fingerprint density at radius 1 is 1.29 bits per heavy atom. The highest BCUT2D eigenvalue weighted by atomic mass is 79.9. The molecule has 0 aliphatic heterocycles. The average molecular weight is 373 g/mol. The Morgan fingerprint density at radius 2 is 2.05 bits per heavy atom. The fraction of sp³-hybridized carbons (Fsp3) is 0.250. The van der Waals surface area contributed by atoms with Crippen LogP contribution < -0.4 is 10.1 Å². The summed E-state index contributed by atoms with van der Waals surface area (Å²) in [7, 11) is 3.43. The molecule has 1 atom stereocenters. The van der Waals surface area contributed by atoms with Gasteiger partial charge in [0.15, 0.2) is 0 Å². The number of hydrogen-bond acceptors (Lipinski definition) is 2. The van der Waals surface area contributed by atoms with E-state index in [1.54, 1.807) is 26.3 Å². The first-order valence-electron chi connectivity index (χ1n) is 6.49. The van der Waals surface area contributed by atoms with E-state index in [2.05, 4.69) is 21.2 Å². The van der Waals surface area contributed by atoms with Crippen molar-refractivity contribution in [1.29, 1.82) is 0 Å². The van der Waals surface area contributed by atoms with Crippen molar-refractivity contribution in [2.75, 3.05) is 14.2 Å². The number of halogens is 3. The molecule has 0 aliphatic rings. The molecule has 0 fully saturated rings. The molecule has 0 amide bonds. The third-order valence-corrected chi connectivity index (χ3v) is 4.37. The predicted octanol–water partition coefficient (Wildman–Crippen LogP) is 4.75. The summed E-state index contributed by atoms with van der Waals surface area (Å²) in [6.07, 6.45) is 0.617. The largest absolute Gasteiger partial charge is 0.497 e. The van der Waals surface area contributed by atoms with Gasteiger partial charge in [-0.05, 0) is 55.4 Å². The lowest BCUT2D eigenvalue weighted by atomic mass is 9.98. The third kappa shape index (κ3) is 3.96. The number of likely N-dealkylation sites (N-methyl/N-ethyl adjacent to an activating group) is 1. The van der Waals surface area contributed by atoms with Gasteiger partial charge in [0.2, 0.25) is 0 Å². The third-order valence-electron chi connectivity index (χ3n) is 3.36. The van der Waals surface area contributed by atoms with Crippen molar-refractivity contribution in [3.63, 3.8) is 0 Å². The Balaban J connectivity index is 2.33. The molecule has 0 heterocycles. The minimum atomic E-state index is -0.266. The minimum Gasteiger partial charge on any atom is -0.497 e. The highest BCUT2D eigenvalue weighted by Crippen LogP contribution is 2.29. The van der Waals surface area contributed by atoms with Crippen LogP contribution in [0.5, 0.6) is 5.75 Å². The van der Waals surface area contributed by atoms with Crippen LogP contribution in [0.15, 0.2) is 40.9 Å². The zero-order chi connectivity index (χ0) is 15.4. The molecule has 21 heavy (non-hydrogen) atoms. The molecule has 0 bridgehead atoms. The van der Waals surface area contributed by atoms with E-state index in [9.17, 15) is 4.39 Å². The maximum Gasteiger partial charge on any atom is 0.128 e. The number of benzene rings is 2. The Bertz CT molecular complexity index is 636. The van der Waals surface area contributed by atoms with E-state index < -0.39 is 0 Å². The highest BCUT2D eigenvalue weighted by molar-refractivity contribution is 9.10. The number of nitrogens with one attached hydrogen (secondary N) is 1. The lowest BCUT2D eigenvalue weighted by Gasteiger charge is -2.19. The molecule has 0 spiro atoms. The molecule has 0 radical (unpaired) electrons. The van der Waals surface area contributed by atoms with Crippen LogP contribution in [0.25, 0.3) is 0 Å². The molecule has 1 unspecified atom stereocenters. The zero-order valence-corrected chi connectivity index (χ0v) is 14.1. The van der Waals surface area contributed by atoms with Crippen molar-refractivity contribution in [2.45, 2.75) is 12.5 Å². The van der Waals surface area contributed by atoms with Crippen molar-refractivity contribution in [1.82, 2.24) is 5.32 Å². The van der Waals surface area contributed by atoms with Crippen LogP contribution in [-0.4, -0.2) is 14.2 Å². The first-order valence-corrected chi connectivity index (χ1v) is 7.67. The summed E-state index contributed by atoms with van der Waals surface area (Å²) in [4.78, 5) is 0. The molecule has 0 saturated heterocycles. The molecule has 0 aliphatic carbocycles. The predicted molar refractivity (Wildman–Crippen MR) is 87.6 cm³/mol. The molecular weight excluding hydrogens is 357 g/mol. The van der Waals surface area contributed by atoms with Gasteiger partial charge in [-0.2, -0.15) is 0 Å². The molecule has 0 aromatic heterocycles.